The second-order valence-corrected chi connectivity index (χ2v) is 6.79. The SMILES string of the molecule is O=C(c1ccc(OCC[N-]C2CC2)cc1)c1cc(Br)ccc1Cl. The van der Waals surface area contributed by atoms with E-state index < -0.39 is 0 Å². The Hall–Kier alpha value is -1.36. The molecule has 5 heteroatoms. The summed E-state index contributed by atoms with van der Waals surface area (Å²) in [6.07, 6.45) is 2.43. The van der Waals surface area contributed by atoms with Crippen LogP contribution >= 0.6 is 27.5 Å². The summed E-state index contributed by atoms with van der Waals surface area (Å²) >= 11 is 9.47. The third-order valence-corrected chi connectivity index (χ3v) is 4.41. The number of ether oxygens (including phenoxy) is 1. The number of rotatable bonds is 7. The summed E-state index contributed by atoms with van der Waals surface area (Å²) in [6, 6.07) is 12.9. The Morgan fingerprint density at radius 1 is 1.22 bits per heavy atom. The lowest BCUT2D eigenvalue weighted by Crippen LogP contribution is -2.05. The summed E-state index contributed by atoms with van der Waals surface area (Å²) < 4.78 is 6.45. The van der Waals surface area contributed by atoms with Gasteiger partial charge < -0.3 is 10.1 Å². The van der Waals surface area contributed by atoms with Crippen LogP contribution < -0.4 is 4.74 Å². The van der Waals surface area contributed by atoms with Gasteiger partial charge in [-0.3, -0.25) is 4.79 Å². The number of halogens is 2. The van der Waals surface area contributed by atoms with Crippen LogP contribution in [0.15, 0.2) is 46.9 Å². The monoisotopic (exact) mass is 392 g/mol. The molecule has 23 heavy (non-hydrogen) atoms. The van der Waals surface area contributed by atoms with Crippen molar-refractivity contribution in [2.75, 3.05) is 13.2 Å². The molecule has 1 aliphatic carbocycles. The first kappa shape index (κ1) is 16.5. The van der Waals surface area contributed by atoms with E-state index in [1.165, 1.54) is 12.8 Å². The van der Waals surface area contributed by atoms with Crippen molar-refractivity contribution < 1.29 is 9.53 Å². The highest BCUT2D eigenvalue weighted by molar-refractivity contribution is 9.10. The number of carbonyl (C=O) groups is 1. The zero-order valence-corrected chi connectivity index (χ0v) is 14.8. The van der Waals surface area contributed by atoms with Crippen LogP contribution in [0.4, 0.5) is 0 Å². The van der Waals surface area contributed by atoms with Gasteiger partial charge in [-0.2, -0.15) is 0 Å². The second kappa shape index (κ2) is 7.47. The van der Waals surface area contributed by atoms with E-state index in [1.807, 2.05) is 6.07 Å². The van der Waals surface area contributed by atoms with E-state index in [1.54, 1.807) is 36.4 Å². The normalized spacial score (nSPS) is 13.8. The molecule has 0 aromatic heterocycles. The molecule has 0 saturated heterocycles. The highest BCUT2D eigenvalue weighted by Gasteiger charge is 2.13. The Morgan fingerprint density at radius 2 is 1.96 bits per heavy atom. The molecule has 0 aliphatic heterocycles. The molecule has 2 aromatic rings. The van der Waals surface area contributed by atoms with Crippen molar-refractivity contribution in [1.29, 1.82) is 0 Å². The Labute approximate surface area is 149 Å². The van der Waals surface area contributed by atoms with Gasteiger partial charge in [-0.25, -0.2) is 0 Å². The van der Waals surface area contributed by atoms with Crippen molar-refractivity contribution in [3.8, 4) is 5.75 Å². The lowest BCUT2D eigenvalue weighted by Gasteiger charge is -2.17. The summed E-state index contributed by atoms with van der Waals surface area (Å²) in [5, 5.41) is 4.90. The third-order valence-electron chi connectivity index (χ3n) is 3.58. The molecule has 2 aromatic carbocycles. The fourth-order valence-corrected chi connectivity index (χ4v) is 2.75. The summed E-state index contributed by atoms with van der Waals surface area (Å²) in [4.78, 5) is 12.5. The van der Waals surface area contributed by atoms with Crippen LogP contribution in [-0.2, 0) is 0 Å². The van der Waals surface area contributed by atoms with Gasteiger partial charge in [0.2, 0.25) is 0 Å². The van der Waals surface area contributed by atoms with Crippen molar-refractivity contribution in [2.24, 2.45) is 0 Å². The van der Waals surface area contributed by atoms with E-state index in [9.17, 15) is 4.79 Å². The molecular formula is C18H16BrClNO2-. The number of ketones is 1. The zero-order valence-electron chi connectivity index (χ0n) is 12.5. The fourth-order valence-electron chi connectivity index (χ4n) is 2.19. The van der Waals surface area contributed by atoms with E-state index in [0.717, 1.165) is 16.8 Å². The van der Waals surface area contributed by atoms with E-state index in [2.05, 4.69) is 21.2 Å². The summed E-state index contributed by atoms with van der Waals surface area (Å²) in [5.41, 5.74) is 1.07. The van der Waals surface area contributed by atoms with Crippen LogP contribution in [0.5, 0.6) is 5.75 Å². The summed E-state index contributed by atoms with van der Waals surface area (Å²) in [6.45, 7) is 1.29. The van der Waals surface area contributed by atoms with Crippen LogP contribution in [-0.4, -0.2) is 25.0 Å². The van der Waals surface area contributed by atoms with Crippen LogP contribution in [0.3, 0.4) is 0 Å². The van der Waals surface area contributed by atoms with Gasteiger partial charge in [-0.1, -0.05) is 40.4 Å². The Bertz CT molecular complexity index is 699. The van der Waals surface area contributed by atoms with Gasteiger partial charge in [-0.15, -0.1) is 12.6 Å². The maximum absolute atomic E-state index is 12.5. The van der Waals surface area contributed by atoms with Crippen LogP contribution in [0.25, 0.3) is 5.32 Å². The minimum absolute atomic E-state index is 0.105. The molecule has 0 unspecified atom stereocenters. The molecule has 3 rings (SSSR count). The first-order chi connectivity index (χ1) is 11.1. The number of carbonyl (C=O) groups excluding carboxylic acids is 1. The fraction of sp³-hybridized carbons (Fsp3) is 0.278. The highest BCUT2D eigenvalue weighted by atomic mass is 79.9. The predicted molar refractivity (Wildman–Crippen MR) is 95.8 cm³/mol. The van der Waals surface area contributed by atoms with Gasteiger partial charge in [0.15, 0.2) is 5.78 Å². The molecule has 0 N–H and O–H groups in total. The molecule has 0 atom stereocenters. The number of hydrogen-bond acceptors (Lipinski definition) is 2. The Kier molecular flexibility index (Phi) is 5.36. The van der Waals surface area contributed by atoms with Crippen LogP contribution in [0, 0.1) is 0 Å². The molecule has 3 nitrogen and oxygen atoms in total. The van der Waals surface area contributed by atoms with Gasteiger partial charge in [0.25, 0.3) is 0 Å². The molecule has 1 saturated carbocycles. The molecule has 1 aliphatic rings. The van der Waals surface area contributed by atoms with Gasteiger partial charge in [-0.05, 0) is 42.5 Å². The van der Waals surface area contributed by atoms with E-state index in [4.69, 9.17) is 16.3 Å². The molecule has 0 bridgehead atoms. The number of nitrogens with zero attached hydrogens (tertiary/aromatic N) is 1. The number of hydrogen-bond donors (Lipinski definition) is 0. The largest absolute Gasteiger partial charge is 0.657 e. The maximum atomic E-state index is 12.5. The Morgan fingerprint density at radius 3 is 2.65 bits per heavy atom. The first-order valence-electron chi connectivity index (χ1n) is 7.53. The molecule has 0 heterocycles. The van der Waals surface area contributed by atoms with Gasteiger partial charge in [0.1, 0.15) is 5.75 Å². The van der Waals surface area contributed by atoms with Gasteiger partial charge >= 0.3 is 0 Å². The van der Waals surface area contributed by atoms with Crippen molar-refractivity contribution >= 4 is 33.3 Å². The van der Waals surface area contributed by atoms with E-state index in [-0.39, 0.29) is 5.78 Å². The smallest absolute Gasteiger partial charge is 0.194 e. The number of benzene rings is 2. The summed E-state index contributed by atoms with van der Waals surface area (Å²) in [5.74, 6) is 0.638. The molecule has 1 fully saturated rings. The maximum Gasteiger partial charge on any atom is 0.194 e. The molecule has 0 radical (unpaired) electrons. The third kappa shape index (κ3) is 4.56. The minimum atomic E-state index is -0.105. The highest BCUT2D eigenvalue weighted by Crippen LogP contribution is 2.27. The quantitative estimate of drug-likeness (QED) is 0.476. The minimum Gasteiger partial charge on any atom is -0.657 e. The van der Waals surface area contributed by atoms with Crippen molar-refractivity contribution in [3.63, 3.8) is 0 Å². The molecule has 0 spiro atoms. The van der Waals surface area contributed by atoms with Crippen molar-refractivity contribution in [1.82, 2.24) is 0 Å². The van der Waals surface area contributed by atoms with E-state index in [0.29, 0.717) is 28.8 Å². The predicted octanol–water partition coefficient (Wildman–Crippen LogP) is 5.25. The first-order valence-corrected chi connectivity index (χ1v) is 8.70. The van der Waals surface area contributed by atoms with Crippen LogP contribution in [0.1, 0.15) is 28.8 Å². The zero-order chi connectivity index (χ0) is 16.2. The summed E-state index contributed by atoms with van der Waals surface area (Å²) in [7, 11) is 0. The topological polar surface area (TPSA) is 40.4 Å². The molecular weight excluding hydrogens is 378 g/mol. The average molecular weight is 394 g/mol. The Balaban J connectivity index is 1.61. The molecule has 120 valence electrons. The van der Waals surface area contributed by atoms with Crippen molar-refractivity contribution in [3.05, 3.63) is 68.4 Å². The van der Waals surface area contributed by atoms with Gasteiger partial charge in [0.05, 0.1) is 11.6 Å². The molecule has 0 amide bonds. The van der Waals surface area contributed by atoms with Crippen LogP contribution in [0.2, 0.25) is 5.02 Å². The van der Waals surface area contributed by atoms with Crippen molar-refractivity contribution in [2.45, 2.75) is 18.9 Å². The lowest BCUT2D eigenvalue weighted by atomic mass is 10.0. The standard InChI is InChI=1S/C18H16BrClNO2/c19-13-3-8-17(20)16(11-13)18(22)12-1-6-15(7-2-12)23-10-9-21-14-4-5-14/h1-3,6-8,11,14H,4-5,9-10H2/q-1. The average Bonchev–Trinajstić information content (AvgIpc) is 3.38. The van der Waals surface area contributed by atoms with Gasteiger partial charge in [0, 0.05) is 15.6 Å². The lowest BCUT2D eigenvalue weighted by molar-refractivity contribution is 0.103. The second-order valence-electron chi connectivity index (χ2n) is 5.46. The van der Waals surface area contributed by atoms with E-state index >= 15 is 0 Å².